The third kappa shape index (κ3) is 3.55. The maximum Gasteiger partial charge on any atom is 0.253 e. The Morgan fingerprint density at radius 2 is 1.84 bits per heavy atom. The number of piperidine rings is 1. The number of amides is 1. The molecule has 25 heavy (non-hydrogen) atoms. The number of fused-ring (bicyclic) bond motifs is 1. The lowest BCUT2D eigenvalue weighted by Gasteiger charge is -2.32. The molecule has 7 heteroatoms. The minimum atomic E-state index is 0. The summed E-state index contributed by atoms with van der Waals surface area (Å²) in [5.74, 6) is 2.69. The van der Waals surface area contributed by atoms with Crippen molar-refractivity contribution in [3.8, 4) is 0 Å². The molecule has 2 aliphatic rings. The van der Waals surface area contributed by atoms with E-state index in [4.69, 9.17) is 0 Å². The Morgan fingerprint density at radius 3 is 2.56 bits per heavy atom. The van der Waals surface area contributed by atoms with Gasteiger partial charge in [-0.05, 0) is 31.9 Å². The number of halogens is 1. The summed E-state index contributed by atoms with van der Waals surface area (Å²) in [5, 5.41) is 12.1. The molecule has 0 atom stereocenters. The van der Waals surface area contributed by atoms with Gasteiger partial charge in [-0.25, -0.2) is 0 Å². The van der Waals surface area contributed by atoms with Crippen molar-refractivity contribution in [1.82, 2.24) is 25.0 Å². The summed E-state index contributed by atoms with van der Waals surface area (Å²) in [4.78, 5) is 14.6. The highest BCUT2D eigenvalue weighted by Crippen LogP contribution is 2.28. The van der Waals surface area contributed by atoms with Crippen molar-refractivity contribution in [1.29, 1.82) is 0 Å². The lowest BCUT2D eigenvalue weighted by Crippen LogP contribution is -2.38. The number of nitrogens with zero attached hydrogens (tertiary/aromatic N) is 4. The van der Waals surface area contributed by atoms with Gasteiger partial charge < -0.3 is 14.8 Å². The van der Waals surface area contributed by atoms with Gasteiger partial charge in [0.25, 0.3) is 5.91 Å². The normalized spacial score (nSPS) is 17.7. The van der Waals surface area contributed by atoms with E-state index in [1.165, 1.54) is 5.56 Å². The molecule has 2 aromatic rings. The molecular weight excluding hydrogens is 338 g/mol. The van der Waals surface area contributed by atoms with Crippen LogP contribution >= 0.6 is 12.4 Å². The molecule has 0 bridgehead atoms. The third-order valence-corrected chi connectivity index (χ3v) is 5.10. The second-order valence-corrected chi connectivity index (χ2v) is 6.74. The highest BCUT2D eigenvalue weighted by atomic mass is 35.5. The summed E-state index contributed by atoms with van der Waals surface area (Å²) in [7, 11) is 0. The van der Waals surface area contributed by atoms with Crippen molar-refractivity contribution in [2.75, 3.05) is 19.6 Å². The van der Waals surface area contributed by atoms with Gasteiger partial charge in [-0.2, -0.15) is 0 Å². The van der Waals surface area contributed by atoms with Gasteiger partial charge in [-0.3, -0.25) is 4.79 Å². The topological polar surface area (TPSA) is 63.1 Å². The van der Waals surface area contributed by atoms with Crippen molar-refractivity contribution in [2.45, 2.75) is 38.8 Å². The van der Waals surface area contributed by atoms with Crippen LogP contribution in [-0.4, -0.2) is 45.2 Å². The van der Waals surface area contributed by atoms with Gasteiger partial charge in [0.15, 0.2) is 0 Å². The molecule has 1 saturated heterocycles. The van der Waals surface area contributed by atoms with E-state index in [2.05, 4.69) is 20.1 Å². The molecule has 0 radical (unpaired) electrons. The fourth-order valence-electron chi connectivity index (χ4n) is 3.64. The van der Waals surface area contributed by atoms with Gasteiger partial charge in [-0.15, -0.1) is 22.6 Å². The maximum atomic E-state index is 12.6. The maximum absolute atomic E-state index is 12.6. The van der Waals surface area contributed by atoms with E-state index in [0.717, 1.165) is 62.8 Å². The van der Waals surface area contributed by atoms with Crippen molar-refractivity contribution < 1.29 is 4.79 Å². The van der Waals surface area contributed by atoms with Crippen LogP contribution < -0.4 is 5.32 Å². The molecular formula is C18H24ClN5O. The van der Waals surface area contributed by atoms with Crippen molar-refractivity contribution >= 4 is 18.3 Å². The standard InChI is InChI=1S/C18H23N5O.ClH/c1-13-2-4-15(5-3-13)18(24)22-9-6-14(7-10-22)17-21-20-16-12-19-8-11-23(16)17;/h2-5,14,19H,6-12H2,1H3;1H. The van der Waals surface area contributed by atoms with E-state index >= 15 is 0 Å². The second-order valence-electron chi connectivity index (χ2n) is 6.74. The van der Waals surface area contributed by atoms with Crippen LogP contribution in [-0.2, 0) is 13.1 Å². The van der Waals surface area contributed by atoms with E-state index in [1.807, 2.05) is 36.1 Å². The molecule has 1 aromatic carbocycles. The number of rotatable bonds is 2. The van der Waals surface area contributed by atoms with Gasteiger partial charge in [0, 0.05) is 37.7 Å². The van der Waals surface area contributed by atoms with Crippen LogP contribution in [0.25, 0.3) is 0 Å². The van der Waals surface area contributed by atoms with Crippen LogP contribution in [0, 0.1) is 6.92 Å². The summed E-state index contributed by atoms with van der Waals surface area (Å²) >= 11 is 0. The fourth-order valence-corrected chi connectivity index (χ4v) is 3.64. The molecule has 0 spiro atoms. The lowest BCUT2D eigenvalue weighted by molar-refractivity contribution is 0.0710. The van der Waals surface area contributed by atoms with E-state index in [0.29, 0.717) is 5.92 Å². The number of nitrogens with one attached hydrogen (secondary N) is 1. The number of hydrogen-bond donors (Lipinski definition) is 1. The molecule has 1 fully saturated rings. The average Bonchev–Trinajstić information content (AvgIpc) is 3.06. The van der Waals surface area contributed by atoms with E-state index in [9.17, 15) is 4.79 Å². The highest BCUT2D eigenvalue weighted by molar-refractivity contribution is 5.94. The van der Waals surface area contributed by atoms with Gasteiger partial charge in [0.05, 0.1) is 6.54 Å². The predicted molar refractivity (Wildman–Crippen MR) is 98.0 cm³/mol. The monoisotopic (exact) mass is 361 g/mol. The molecule has 1 amide bonds. The number of likely N-dealkylation sites (tertiary alicyclic amines) is 1. The van der Waals surface area contributed by atoms with Crippen LogP contribution in [0.2, 0.25) is 0 Å². The Balaban J connectivity index is 0.00000182. The van der Waals surface area contributed by atoms with Crippen LogP contribution in [0.1, 0.15) is 46.3 Å². The van der Waals surface area contributed by atoms with Gasteiger partial charge in [0.2, 0.25) is 0 Å². The summed E-state index contributed by atoms with van der Waals surface area (Å²) < 4.78 is 2.26. The first-order valence-electron chi connectivity index (χ1n) is 8.71. The summed E-state index contributed by atoms with van der Waals surface area (Å²) in [6, 6.07) is 7.84. The van der Waals surface area contributed by atoms with Crippen LogP contribution in [0.5, 0.6) is 0 Å². The Kier molecular flexibility index (Phi) is 5.39. The summed E-state index contributed by atoms with van der Waals surface area (Å²) in [6.45, 7) is 6.34. The zero-order valence-corrected chi connectivity index (χ0v) is 15.3. The van der Waals surface area contributed by atoms with Gasteiger partial charge >= 0.3 is 0 Å². The summed E-state index contributed by atoms with van der Waals surface area (Å²) in [5.41, 5.74) is 1.96. The van der Waals surface area contributed by atoms with Crippen molar-refractivity contribution in [2.24, 2.45) is 0 Å². The van der Waals surface area contributed by atoms with Gasteiger partial charge in [0.1, 0.15) is 11.6 Å². The molecule has 4 rings (SSSR count). The number of benzene rings is 1. The number of carbonyl (C=O) groups is 1. The Morgan fingerprint density at radius 1 is 1.12 bits per heavy atom. The SMILES string of the molecule is Cc1ccc(C(=O)N2CCC(c3nnc4n3CCNC4)CC2)cc1.Cl. The largest absolute Gasteiger partial charge is 0.339 e. The van der Waals surface area contributed by atoms with Crippen LogP contribution in [0.15, 0.2) is 24.3 Å². The smallest absolute Gasteiger partial charge is 0.253 e. The zero-order chi connectivity index (χ0) is 16.5. The minimum Gasteiger partial charge on any atom is -0.339 e. The lowest BCUT2D eigenvalue weighted by atomic mass is 9.95. The second kappa shape index (κ2) is 7.54. The minimum absolute atomic E-state index is 0. The average molecular weight is 362 g/mol. The first kappa shape index (κ1) is 17.9. The molecule has 3 heterocycles. The van der Waals surface area contributed by atoms with E-state index in [1.54, 1.807) is 0 Å². The molecule has 1 N–H and O–H groups in total. The molecule has 134 valence electrons. The number of carbonyl (C=O) groups excluding carboxylic acids is 1. The van der Waals surface area contributed by atoms with Crippen molar-refractivity contribution in [3.63, 3.8) is 0 Å². The first-order valence-corrected chi connectivity index (χ1v) is 8.71. The van der Waals surface area contributed by atoms with E-state index < -0.39 is 0 Å². The van der Waals surface area contributed by atoms with E-state index in [-0.39, 0.29) is 18.3 Å². The number of aromatic nitrogens is 3. The quantitative estimate of drug-likeness (QED) is 0.890. The highest BCUT2D eigenvalue weighted by Gasteiger charge is 2.29. The Hall–Kier alpha value is -1.92. The third-order valence-electron chi connectivity index (χ3n) is 5.10. The summed E-state index contributed by atoms with van der Waals surface area (Å²) in [6.07, 6.45) is 1.92. The first-order chi connectivity index (χ1) is 11.7. The molecule has 1 aromatic heterocycles. The van der Waals surface area contributed by atoms with Crippen LogP contribution in [0.3, 0.4) is 0 Å². The van der Waals surface area contributed by atoms with Crippen LogP contribution in [0.4, 0.5) is 0 Å². The Bertz CT molecular complexity index is 734. The number of hydrogen-bond acceptors (Lipinski definition) is 4. The molecule has 2 aliphatic heterocycles. The zero-order valence-electron chi connectivity index (χ0n) is 14.4. The predicted octanol–water partition coefficient (Wildman–Crippen LogP) is 2.13. The van der Waals surface area contributed by atoms with Gasteiger partial charge in [-0.1, -0.05) is 17.7 Å². The molecule has 6 nitrogen and oxygen atoms in total. The fraction of sp³-hybridized carbons (Fsp3) is 0.500. The van der Waals surface area contributed by atoms with Crippen molar-refractivity contribution in [3.05, 3.63) is 47.0 Å². The molecule has 0 saturated carbocycles. The molecule has 0 unspecified atom stereocenters. The Labute approximate surface area is 154 Å². The number of aryl methyl sites for hydroxylation is 1. The molecule has 0 aliphatic carbocycles.